The number of carbonyl (C=O) groups is 1. The Labute approximate surface area is 145 Å². The molecule has 3 aromatic rings. The van der Waals surface area contributed by atoms with Crippen molar-refractivity contribution in [3.8, 4) is 10.8 Å². The van der Waals surface area contributed by atoms with Crippen LogP contribution >= 0.6 is 11.3 Å². The van der Waals surface area contributed by atoms with Crippen LogP contribution in [0.5, 0.6) is 0 Å². The highest BCUT2D eigenvalue weighted by Crippen LogP contribution is 2.31. The van der Waals surface area contributed by atoms with E-state index in [1.807, 2.05) is 35.2 Å². The molecule has 4 nitrogen and oxygen atoms in total. The van der Waals surface area contributed by atoms with E-state index in [1.165, 1.54) is 19.3 Å². The molecule has 0 bridgehead atoms. The Morgan fingerprint density at radius 1 is 1.00 bits per heavy atom. The Morgan fingerprint density at radius 3 is 2.54 bits per heavy atom. The van der Waals surface area contributed by atoms with Gasteiger partial charge in [0.1, 0.15) is 0 Å². The second kappa shape index (κ2) is 6.77. The van der Waals surface area contributed by atoms with Crippen LogP contribution in [0.2, 0.25) is 0 Å². The van der Waals surface area contributed by atoms with E-state index in [9.17, 15) is 4.79 Å². The number of benzene rings is 1. The number of likely N-dealkylation sites (tertiary alicyclic amines) is 1. The summed E-state index contributed by atoms with van der Waals surface area (Å²) in [6.45, 7) is 1.66. The number of fused-ring (bicyclic) bond motifs is 1. The molecule has 1 amide bonds. The van der Waals surface area contributed by atoms with Crippen molar-refractivity contribution in [1.82, 2.24) is 9.88 Å². The Balaban J connectivity index is 1.56. The fourth-order valence-electron chi connectivity index (χ4n) is 3.15. The molecule has 0 aliphatic carbocycles. The van der Waals surface area contributed by atoms with Gasteiger partial charge in [-0.2, -0.15) is 0 Å². The number of hydrogen-bond donors (Lipinski definition) is 0. The van der Waals surface area contributed by atoms with E-state index in [0.717, 1.165) is 41.2 Å². The van der Waals surface area contributed by atoms with E-state index in [1.54, 1.807) is 17.4 Å². The predicted octanol–water partition coefficient (Wildman–Crippen LogP) is 4.96. The van der Waals surface area contributed by atoms with Crippen molar-refractivity contribution in [2.24, 2.45) is 0 Å². The zero-order valence-electron chi connectivity index (χ0n) is 13.5. The van der Waals surface area contributed by atoms with Crippen molar-refractivity contribution in [2.45, 2.75) is 32.1 Å². The summed E-state index contributed by atoms with van der Waals surface area (Å²) in [5.74, 6) is 1.10. The van der Waals surface area contributed by atoms with Gasteiger partial charge in [-0.3, -0.25) is 4.79 Å². The third kappa shape index (κ3) is 3.08. The molecule has 0 saturated carbocycles. The molecule has 5 heteroatoms. The lowest BCUT2D eigenvalue weighted by atomic mass is 10.1. The lowest BCUT2D eigenvalue weighted by molar-refractivity contribution is 0.0711. The minimum absolute atomic E-state index is 0.00395. The molecule has 4 rings (SSSR count). The molecule has 3 heterocycles. The summed E-state index contributed by atoms with van der Waals surface area (Å²) in [6.07, 6.45) is 5.86. The normalized spacial score (nSPS) is 16.1. The standard InChI is InChI=1S/C19H20N2O2S/c22-19(21-12-6-2-1-3-7-13-21)16-11-10-15(23-16)18-20-14-8-4-5-9-17(14)24-18/h4-5,8-11H,1-3,6-7,12-13H2. The number of para-hydroxylation sites is 1. The first kappa shape index (κ1) is 15.4. The first-order valence-corrected chi connectivity index (χ1v) is 9.38. The van der Waals surface area contributed by atoms with Crippen molar-refractivity contribution in [3.63, 3.8) is 0 Å². The number of aromatic nitrogens is 1. The molecule has 1 aliphatic rings. The van der Waals surface area contributed by atoms with E-state index >= 15 is 0 Å². The first-order chi connectivity index (χ1) is 11.8. The average molecular weight is 340 g/mol. The Morgan fingerprint density at radius 2 is 1.75 bits per heavy atom. The largest absolute Gasteiger partial charge is 0.448 e. The van der Waals surface area contributed by atoms with Gasteiger partial charge in [0, 0.05) is 13.1 Å². The number of amides is 1. The molecular weight excluding hydrogens is 320 g/mol. The van der Waals surface area contributed by atoms with Crippen LogP contribution < -0.4 is 0 Å². The molecule has 124 valence electrons. The molecule has 0 unspecified atom stereocenters. The minimum Gasteiger partial charge on any atom is -0.448 e. The molecule has 0 radical (unpaired) electrons. The summed E-state index contributed by atoms with van der Waals surface area (Å²) >= 11 is 1.59. The number of thiazole rings is 1. The minimum atomic E-state index is 0.00395. The van der Waals surface area contributed by atoms with Gasteiger partial charge in [0.25, 0.3) is 5.91 Å². The van der Waals surface area contributed by atoms with Crippen LogP contribution in [0.1, 0.15) is 42.7 Å². The summed E-state index contributed by atoms with van der Waals surface area (Å²) in [5, 5.41) is 0.822. The van der Waals surface area contributed by atoms with Gasteiger partial charge in [-0.05, 0) is 37.1 Å². The van der Waals surface area contributed by atoms with Gasteiger partial charge in [0.15, 0.2) is 16.5 Å². The highest BCUT2D eigenvalue weighted by atomic mass is 32.1. The molecule has 0 spiro atoms. The Kier molecular flexibility index (Phi) is 4.34. The predicted molar refractivity (Wildman–Crippen MR) is 96.3 cm³/mol. The lowest BCUT2D eigenvalue weighted by Gasteiger charge is -2.23. The zero-order chi connectivity index (χ0) is 16.4. The molecule has 0 atom stereocenters. The van der Waals surface area contributed by atoms with Crippen LogP contribution in [-0.2, 0) is 0 Å². The maximum atomic E-state index is 12.7. The molecule has 24 heavy (non-hydrogen) atoms. The van der Waals surface area contributed by atoms with Crippen LogP contribution in [0, 0.1) is 0 Å². The maximum Gasteiger partial charge on any atom is 0.289 e. The quantitative estimate of drug-likeness (QED) is 0.662. The maximum absolute atomic E-state index is 12.7. The van der Waals surface area contributed by atoms with Gasteiger partial charge in [0.05, 0.1) is 10.2 Å². The second-order valence-electron chi connectivity index (χ2n) is 6.21. The molecule has 1 saturated heterocycles. The molecule has 1 aliphatic heterocycles. The van der Waals surface area contributed by atoms with Crippen LogP contribution in [0.15, 0.2) is 40.8 Å². The van der Waals surface area contributed by atoms with Crippen LogP contribution in [0.3, 0.4) is 0 Å². The topological polar surface area (TPSA) is 46.3 Å². The molecule has 0 N–H and O–H groups in total. The summed E-state index contributed by atoms with van der Waals surface area (Å²) in [5.41, 5.74) is 0.963. The molecular formula is C19H20N2O2S. The van der Waals surface area contributed by atoms with E-state index in [0.29, 0.717) is 11.5 Å². The van der Waals surface area contributed by atoms with Crippen LogP contribution in [0.25, 0.3) is 21.0 Å². The third-order valence-corrected chi connectivity index (χ3v) is 5.52. The fraction of sp³-hybridized carbons (Fsp3) is 0.368. The SMILES string of the molecule is O=C(c1ccc(-c2nc3ccccc3s2)o1)N1CCCCCCC1. The smallest absolute Gasteiger partial charge is 0.289 e. The summed E-state index contributed by atoms with van der Waals surface area (Å²) < 4.78 is 6.97. The van der Waals surface area contributed by atoms with Gasteiger partial charge < -0.3 is 9.32 Å². The first-order valence-electron chi connectivity index (χ1n) is 8.56. The van der Waals surface area contributed by atoms with Crippen molar-refractivity contribution in [1.29, 1.82) is 0 Å². The summed E-state index contributed by atoms with van der Waals surface area (Å²) in [6, 6.07) is 11.7. The Bertz CT molecular complexity index is 811. The fourth-order valence-corrected chi connectivity index (χ4v) is 4.08. The van der Waals surface area contributed by atoms with Crippen molar-refractivity contribution < 1.29 is 9.21 Å². The lowest BCUT2D eigenvalue weighted by Crippen LogP contribution is -2.33. The number of carbonyl (C=O) groups excluding carboxylic acids is 1. The van der Waals surface area contributed by atoms with Gasteiger partial charge in [0.2, 0.25) is 0 Å². The van der Waals surface area contributed by atoms with Gasteiger partial charge >= 0.3 is 0 Å². The van der Waals surface area contributed by atoms with Gasteiger partial charge in [-0.15, -0.1) is 11.3 Å². The van der Waals surface area contributed by atoms with Crippen LogP contribution in [-0.4, -0.2) is 28.9 Å². The average Bonchev–Trinajstić information content (AvgIpc) is 3.21. The van der Waals surface area contributed by atoms with E-state index in [-0.39, 0.29) is 5.91 Å². The monoisotopic (exact) mass is 340 g/mol. The molecule has 1 fully saturated rings. The van der Waals surface area contributed by atoms with Crippen LogP contribution in [0.4, 0.5) is 0 Å². The van der Waals surface area contributed by atoms with Crippen molar-refractivity contribution in [2.75, 3.05) is 13.1 Å². The van der Waals surface area contributed by atoms with Crippen molar-refractivity contribution >= 4 is 27.5 Å². The number of rotatable bonds is 2. The summed E-state index contributed by atoms with van der Waals surface area (Å²) in [7, 11) is 0. The van der Waals surface area contributed by atoms with Gasteiger partial charge in [-0.1, -0.05) is 31.4 Å². The number of hydrogen-bond acceptors (Lipinski definition) is 4. The van der Waals surface area contributed by atoms with E-state index in [4.69, 9.17) is 4.42 Å². The van der Waals surface area contributed by atoms with Crippen molar-refractivity contribution in [3.05, 3.63) is 42.2 Å². The Hall–Kier alpha value is -2.14. The van der Waals surface area contributed by atoms with Gasteiger partial charge in [-0.25, -0.2) is 4.98 Å². The van der Waals surface area contributed by atoms with E-state index < -0.39 is 0 Å². The number of nitrogens with zero attached hydrogens (tertiary/aromatic N) is 2. The second-order valence-corrected chi connectivity index (χ2v) is 7.24. The highest BCUT2D eigenvalue weighted by Gasteiger charge is 2.21. The highest BCUT2D eigenvalue weighted by molar-refractivity contribution is 7.21. The van der Waals surface area contributed by atoms with E-state index in [2.05, 4.69) is 4.98 Å². The summed E-state index contributed by atoms with van der Waals surface area (Å²) in [4.78, 5) is 19.2. The number of furan rings is 1. The zero-order valence-corrected chi connectivity index (χ0v) is 14.3. The molecule has 1 aromatic carbocycles. The third-order valence-electron chi connectivity index (χ3n) is 4.46. The molecule has 2 aromatic heterocycles.